The predicted molar refractivity (Wildman–Crippen MR) is 113 cm³/mol. The van der Waals surface area contributed by atoms with E-state index in [2.05, 4.69) is 10.3 Å². The maximum atomic E-state index is 12.5. The first-order chi connectivity index (χ1) is 14.8. The molecular weight excluding hydrogens is 404 g/mol. The highest BCUT2D eigenvalue weighted by Gasteiger charge is 2.23. The summed E-state index contributed by atoms with van der Waals surface area (Å²) in [6, 6.07) is 11.5. The molecule has 1 unspecified atom stereocenters. The molecule has 0 saturated heterocycles. The van der Waals surface area contributed by atoms with Crippen molar-refractivity contribution in [3.8, 4) is 5.75 Å². The number of carbonyl (C=O) groups is 2. The number of benzene rings is 2. The molecule has 0 aliphatic carbocycles. The molecule has 1 N–H and O–H groups in total. The van der Waals surface area contributed by atoms with Crippen molar-refractivity contribution in [2.45, 2.75) is 32.9 Å². The number of carbonyl (C=O) groups excluding carboxylic acids is 2. The van der Waals surface area contributed by atoms with Gasteiger partial charge in [-0.05, 0) is 31.2 Å². The molecule has 0 spiro atoms. The van der Waals surface area contributed by atoms with E-state index in [1.165, 1.54) is 32.2 Å². The van der Waals surface area contributed by atoms with Gasteiger partial charge in [-0.1, -0.05) is 19.1 Å². The molecular formula is C21H22N4O6. The maximum Gasteiger partial charge on any atom is 0.326 e. The third-order valence-electron chi connectivity index (χ3n) is 4.67. The number of imidazole rings is 1. The number of esters is 1. The smallest absolute Gasteiger partial charge is 0.326 e. The lowest BCUT2D eigenvalue weighted by atomic mass is 10.2. The number of rotatable bonds is 8. The van der Waals surface area contributed by atoms with Crippen LogP contribution in [0.15, 0.2) is 42.5 Å². The normalized spacial score (nSPS) is 11.7. The number of methoxy groups -OCH3 is 1. The number of hydrogen-bond donors (Lipinski definition) is 1. The van der Waals surface area contributed by atoms with Crippen LogP contribution in [0.3, 0.4) is 0 Å². The van der Waals surface area contributed by atoms with Gasteiger partial charge in [0.25, 0.3) is 11.6 Å². The lowest BCUT2D eigenvalue weighted by Crippen LogP contribution is -2.31. The summed E-state index contributed by atoms with van der Waals surface area (Å²) in [6.45, 7) is 3.22. The first kappa shape index (κ1) is 21.8. The molecule has 0 radical (unpaired) electrons. The van der Waals surface area contributed by atoms with Gasteiger partial charge in [0.05, 0.1) is 29.1 Å². The molecule has 2 aromatic carbocycles. The zero-order valence-corrected chi connectivity index (χ0v) is 17.3. The second-order valence-electron chi connectivity index (χ2n) is 6.72. The number of ether oxygens (including phenoxy) is 2. The lowest BCUT2D eigenvalue weighted by Gasteiger charge is -2.15. The molecule has 1 amide bonds. The van der Waals surface area contributed by atoms with Crippen molar-refractivity contribution in [3.63, 3.8) is 0 Å². The second-order valence-corrected chi connectivity index (χ2v) is 6.72. The Bertz CT molecular complexity index is 1140. The Morgan fingerprint density at radius 2 is 2.00 bits per heavy atom. The Morgan fingerprint density at radius 3 is 2.68 bits per heavy atom. The van der Waals surface area contributed by atoms with Crippen molar-refractivity contribution in [2.24, 2.45) is 0 Å². The van der Waals surface area contributed by atoms with Crippen LogP contribution in [0.4, 0.5) is 11.4 Å². The standard InChI is InChI=1S/C21H22N4O6/c1-4-19-22-15-7-5-6-8-17(15)24(19)12-20(26)31-13(2)21(27)23-16-10-9-14(30-3)11-18(16)25(28)29/h5-11,13H,4,12H2,1-3H3,(H,23,27). The van der Waals surface area contributed by atoms with E-state index in [4.69, 9.17) is 9.47 Å². The number of amides is 1. The van der Waals surface area contributed by atoms with Crippen LogP contribution in [-0.2, 0) is 27.3 Å². The van der Waals surface area contributed by atoms with Gasteiger partial charge in [-0.3, -0.25) is 19.7 Å². The summed E-state index contributed by atoms with van der Waals surface area (Å²) in [5, 5.41) is 13.7. The van der Waals surface area contributed by atoms with Crippen molar-refractivity contribution >= 4 is 34.3 Å². The van der Waals surface area contributed by atoms with Crippen LogP contribution < -0.4 is 10.1 Å². The number of aryl methyl sites for hydroxylation is 1. The number of nitro groups is 1. The Hall–Kier alpha value is -3.95. The Morgan fingerprint density at radius 1 is 1.26 bits per heavy atom. The van der Waals surface area contributed by atoms with Crippen molar-refractivity contribution in [3.05, 3.63) is 58.4 Å². The maximum absolute atomic E-state index is 12.5. The molecule has 1 heterocycles. The molecule has 10 nitrogen and oxygen atoms in total. The number of para-hydroxylation sites is 2. The van der Waals surface area contributed by atoms with E-state index < -0.39 is 22.9 Å². The summed E-state index contributed by atoms with van der Waals surface area (Å²) in [6.07, 6.45) is -0.534. The van der Waals surface area contributed by atoms with Gasteiger partial charge in [0.2, 0.25) is 0 Å². The Labute approximate surface area is 177 Å². The number of aromatic nitrogens is 2. The van der Waals surface area contributed by atoms with Crippen LogP contribution in [0.25, 0.3) is 11.0 Å². The van der Waals surface area contributed by atoms with E-state index >= 15 is 0 Å². The summed E-state index contributed by atoms with van der Waals surface area (Å²) in [7, 11) is 1.38. The molecule has 0 fully saturated rings. The van der Waals surface area contributed by atoms with E-state index in [0.29, 0.717) is 6.42 Å². The molecule has 3 rings (SSSR count). The van der Waals surface area contributed by atoms with Crippen LogP contribution in [0, 0.1) is 10.1 Å². The molecule has 3 aromatic rings. The minimum Gasteiger partial charge on any atom is -0.496 e. The van der Waals surface area contributed by atoms with Gasteiger partial charge in [0.1, 0.15) is 23.8 Å². The summed E-state index contributed by atoms with van der Waals surface area (Å²) < 4.78 is 12.0. The largest absolute Gasteiger partial charge is 0.496 e. The fraction of sp³-hybridized carbons (Fsp3) is 0.286. The van der Waals surface area contributed by atoms with Crippen molar-refractivity contribution in [2.75, 3.05) is 12.4 Å². The van der Waals surface area contributed by atoms with Crippen LogP contribution in [0.5, 0.6) is 5.75 Å². The van der Waals surface area contributed by atoms with Crippen molar-refractivity contribution < 1.29 is 24.0 Å². The predicted octanol–water partition coefficient (Wildman–Crippen LogP) is 3.09. The van der Waals surface area contributed by atoms with Gasteiger partial charge in [-0.25, -0.2) is 4.98 Å². The average molecular weight is 426 g/mol. The Balaban J connectivity index is 1.69. The number of nitrogens with one attached hydrogen (secondary N) is 1. The quantitative estimate of drug-likeness (QED) is 0.333. The number of anilines is 1. The van der Waals surface area contributed by atoms with Crippen LogP contribution in [0.1, 0.15) is 19.7 Å². The van der Waals surface area contributed by atoms with Crippen LogP contribution >= 0.6 is 0 Å². The minimum atomic E-state index is -1.16. The number of nitro benzene ring substituents is 1. The van der Waals surface area contributed by atoms with Gasteiger partial charge in [0, 0.05) is 6.42 Å². The van der Waals surface area contributed by atoms with Gasteiger partial charge in [-0.15, -0.1) is 0 Å². The molecule has 0 aliphatic heterocycles. The zero-order chi connectivity index (χ0) is 22.5. The Kier molecular flexibility index (Phi) is 6.49. The molecule has 162 valence electrons. The van der Waals surface area contributed by atoms with Gasteiger partial charge in [0.15, 0.2) is 6.10 Å². The fourth-order valence-corrected chi connectivity index (χ4v) is 3.12. The summed E-state index contributed by atoms with van der Waals surface area (Å²) in [4.78, 5) is 40.1. The minimum absolute atomic E-state index is 0.0208. The van der Waals surface area contributed by atoms with E-state index in [1.54, 1.807) is 4.57 Å². The molecule has 1 atom stereocenters. The number of hydrogen-bond acceptors (Lipinski definition) is 7. The average Bonchev–Trinajstić information content (AvgIpc) is 3.11. The number of fused-ring (bicyclic) bond motifs is 1. The van der Waals surface area contributed by atoms with Gasteiger partial charge >= 0.3 is 5.97 Å². The zero-order valence-electron chi connectivity index (χ0n) is 17.3. The van der Waals surface area contributed by atoms with Crippen LogP contribution in [-0.4, -0.2) is 39.6 Å². The highest BCUT2D eigenvalue weighted by molar-refractivity contribution is 5.97. The number of nitrogens with zero attached hydrogens (tertiary/aromatic N) is 3. The first-order valence-electron chi connectivity index (χ1n) is 9.61. The van der Waals surface area contributed by atoms with Crippen LogP contribution in [0.2, 0.25) is 0 Å². The molecule has 31 heavy (non-hydrogen) atoms. The van der Waals surface area contributed by atoms with E-state index in [0.717, 1.165) is 16.9 Å². The molecule has 1 aromatic heterocycles. The van der Waals surface area contributed by atoms with E-state index in [9.17, 15) is 19.7 Å². The monoisotopic (exact) mass is 426 g/mol. The highest BCUT2D eigenvalue weighted by Crippen LogP contribution is 2.29. The topological polar surface area (TPSA) is 126 Å². The molecule has 10 heteroatoms. The first-order valence-corrected chi connectivity index (χ1v) is 9.61. The lowest BCUT2D eigenvalue weighted by molar-refractivity contribution is -0.384. The van der Waals surface area contributed by atoms with Crippen molar-refractivity contribution in [1.82, 2.24) is 9.55 Å². The molecule has 0 aliphatic rings. The SMILES string of the molecule is CCc1nc2ccccc2n1CC(=O)OC(C)C(=O)Nc1ccc(OC)cc1[N+](=O)[O-]. The second kappa shape index (κ2) is 9.24. The highest BCUT2D eigenvalue weighted by atomic mass is 16.6. The third kappa shape index (κ3) is 4.80. The summed E-state index contributed by atoms with van der Waals surface area (Å²) in [5.74, 6) is -0.301. The fourth-order valence-electron chi connectivity index (χ4n) is 3.12. The molecule has 0 saturated carbocycles. The van der Waals surface area contributed by atoms with E-state index in [-0.39, 0.29) is 23.7 Å². The van der Waals surface area contributed by atoms with Gasteiger partial charge in [-0.2, -0.15) is 0 Å². The van der Waals surface area contributed by atoms with Gasteiger partial charge < -0.3 is 19.4 Å². The van der Waals surface area contributed by atoms with Crippen molar-refractivity contribution in [1.29, 1.82) is 0 Å². The molecule has 0 bridgehead atoms. The summed E-state index contributed by atoms with van der Waals surface area (Å²) >= 11 is 0. The van der Waals surface area contributed by atoms with E-state index in [1.807, 2.05) is 31.2 Å². The third-order valence-corrected chi connectivity index (χ3v) is 4.67. The summed E-state index contributed by atoms with van der Waals surface area (Å²) in [5.41, 5.74) is 1.21.